The molecule has 0 spiro atoms. The fourth-order valence-corrected chi connectivity index (χ4v) is 16.8. The zero-order chi connectivity index (χ0) is 91.7. The third-order valence-electron chi connectivity index (χ3n) is 22.7. The van der Waals surface area contributed by atoms with Crippen LogP contribution in [0.25, 0.3) is 61.5 Å². The molecule has 31 heteroatoms. The van der Waals surface area contributed by atoms with Gasteiger partial charge in [0.2, 0.25) is 23.7 Å². The number of nitrogens with one attached hydrogen (secondary N) is 1. The first-order valence-corrected chi connectivity index (χ1v) is 42.1. The third kappa shape index (κ3) is 18.2. The van der Waals surface area contributed by atoms with E-state index in [0.717, 1.165) is 22.6 Å². The third-order valence-corrected chi connectivity index (χ3v) is 23.3. The van der Waals surface area contributed by atoms with E-state index in [1.807, 2.05) is 122 Å². The Bertz CT molecular complexity index is 6280. The highest BCUT2D eigenvalue weighted by Gasteiger charge is 2.42. The van der Waals surface area contributed by atoms with Gasteiger partial charge in [0.25, 0.3) is 0 Å². The highest BCUT2D eigenvalue weighted by atomic mass is 35.5. The molecule has 10 aromatic rings. The standard InChI is InChI=1S/C34H35F2N7O2.C33H38ClFN8O.C28H29ClFN5O2/c1-8-14-37-26-12-10-11-24(35)28(26)30-25(36)16-23-32(42-18-21(6)41(17-22(42)7)27(44)9-2)40-34(45)43(33(23)39-30)31-20(5)13-15-38-29(31)19(3)4;1-10-27(44)41-16-20(5)42(17-19(41)4)31-24-15-25(34)29(23-13-11-12-14-26(23)35)38-32(24)43(22(7)37-31)30-21(6)36-33(40(8)9)39-28(30)18(2)3;1-7-23(36)33-14-18(4)34(15-17(33)3)26-20-13-21(29)24(19-11-9-10-12-22(19)30)31-25(20)35(27(37)32-26)16-28(5,6)8-2/h1,9-13,15-16,19,21-22,37H,2,14,17-18H2,3-7H3;10-15,18-20H,1,7,16-17H2,2-6,8-9H3;2,7,9-13,17-18H,1,14-16H2,3-6H3. The van der Waals surface area contributed by atoms with Crippen LogP contribution in [0, 0.1) is 67.2 Å². The Hall–Kier alpha value is -13.1. The smallest absolute Gasteiger partial charge is 0.355 e. The summed E-state index contributed by atoms with van der Waals surface area (Å²) in [6.45, 7) is 45.2. The highest BCUT2D eigenvalue weighted by molar-refractivity contribution is 6.34. The molecule has 0 aliphatic carbocycles. The molecule has 3 saturated heterocycles. The van der Waals surface area contributed by atoms with Gasteiger partial charge < -0.3 is 39.6 Å². The summed E-state index contributed by atoms with van der Waals surface area (Å²) >= 11 is 13.5. The number of amidine groups is 1. The lowest BCUT2D eigenvalue weighted by atomic mass is 9.95. The highest BCUT2D eigenvalue weighted by Crippen LogP contribution is 2.46. The number of aryl methyl sites for hydroxylation is 2. The Morgan fingerprint density at radius 3 is 1.60 bits per heavy atom. The van der Waals surface area contributed by atoms with Crippen LogP contribution in [0.1, 0.15) is 123 Å². The van der Waals surface area contributed by atoms with Gasteiger partial charge in [-0.05, 0) is 166 Å². The summed E-state index contributed by atoms with van der Waals surface area (Å²) in [5, 5.41) is 4.25. The molecule has 126 heavy (non-hydrogen) atoms. The SMILES string of the molecule is C#CC(C)(C)Cn1c(=O)nc(N2CC(C)N(C(=O)C=C)CC2C)c2cc(Cl)c(-c3ccccc3F)nc21.C#CCNc1cccc(F)c1-c1nc2c(cc1F)c(N1CC(C)N(C(=O)C=C)CC1C)nc(=O)n2-c1c(C)ccnc1C(C)C.C=CC(=O)N1CC(C)N(C2=NC(=C)N(c3c(C)nc(N(C)C)nc3C(C)C)c3nc(-c4ccccc4F)c(Cl)cc32)CC1C. The van der Waals surface area contributed by atoms with Gasteiger partial charge in [0.15, 0.2) is 17.3 Å². The topological polar surface area (TPSA) is 249 Å². The summed E-state index contributed by atoms with van der Waals surface area (Å²) < 4.78 is 64.2. The van der Waals surface area contributed by atoms with Crippen molar-refractivity contribution >= 4 is 104 Å². The number of hydrogen-bond acceptors (Lipinski definition) is 20. The van der Waals surface area contributed by atoms with Crippen LogP contribution < -0.4 is 36.3 Å². The van der Waals surface area contributed by atoms with Crippen LogP contribution in [0.15, 0.2) is 162 Å². The van der Waals surface area contributed by atoms with Crippen molar-refractivity contribution in [2.75, 3.05) is 84.8 Å². The van der Waals surface area contributed by atoms with Crippen LogP contribution in [0.3, 0.4) is 0 Å². The fraction of sp³-hybridized carbons (Fsp3) is 0.347. The minimum Gasteiger partial charge on any atom is -0.374 e. The molecule has 4 aliphatic heterocycles. The number of carbonyl (C=O) groups excluding carboxylic acids is 3. The van der Waals surface area contributed by atoms with Crippen molar-refractivity contribution in [3.63, 3.8) is 0 Å². The van der Waals surface area contributed by atoms with Gasteiger partial charge in [0.05, 0.1) is 78.3 Å². The zero-order valence-electron chi connectivity index (χ0n) is 73.5. The molecule has 6 atom stereocenters. The number of fused-ring (bicyclic) bond motifs is 3. The number of pyridine rings is 4. The molecule has 7 aromatic heterocycles. The summed E-state index contributed by atoms with van der Waals surface area (Å²) in [5.41, 5.74) is 4.20. The number of piperazine rings is 3. The molecule has 3 aromatic carbocycles. The van der Waals surface area contributed by atoms with Gasteiger partial charge in [-0.25, -0.2) is 61.6 Å². The molecular formula is C95H102Cl2F4N20O5. The van der Waals surface area contributed by atoms with Crippen molar-refractivity contribution in [3.8, 4) is 64.1 Å². The van der Waals surface area contributed by atoms with E-state index in [0.29, 0.717) is 102 Å². The minimum atomic E-state index is -0.808. The lowest BCUT2D eigenvalue weighted by Crippen LogP contribution is -2.59. The van der Waals surface area contributed by atoms with E-state index in [9.17, 15) is 28.4 Å². The quantitative estimate of drug-likeness (QED) is 0.0505. The molecule has 1 N–H and O–H groups in total. The van der Waals surface area contributed by atoms with Gasteiger partial charge in [0, 0.05) is 125 Å². The van der Waals surface area contributed by atoms with Gasteiger partial charge in [0.1, 0.15) is 52.1 Å². The molecule has 3 fully saturated rings. The second-order valence-electron chi connectivity index (χ2n) is 33.4. The predicted octanol–water partition coefficient (Wildman–Crippen LogP) is 16.0. The number of anilines is 6. The first kappa shape index (κ1) is 92.1. The van der Waals surface area contributed by atoms with Crippen molar-refractivity contribution in [2.24, 2.45) is 10.4 Å². The van der Waals surface area contributed by atoms with E-state index < -0.39 is 40.1 Å². The molecule has 0 radical (unpaired) electrons. The van der Waals surface area contributed by atoms with Crippen molar-refractivity contribution in [1.82, 2.24) is 68.6 Å². The largest absolute Gasteiger partial charge is 0.374 e. The Morgan fingerprint density at radius 1 is 0.579 bits per heavy atom. The summed E-state index contributed by atoms with van der Waals surface area (Å²) in [5.74, 6) is 4.98. The van der Waals surface area contributed by atoms with Crippen molar-refractivity contribution in [2.45, 2.75) is 152 Å². The first-order valence-electron chi connectivity index (χ1n) is 41.4. The fourth-order valence-electron chi connectivity index (χ4n) is 16.3. The maximum atomic E-state index is 16.2. The van der Waals surface area contributed by atoms with E-state index in [4.69, 9.17) is 66.0 Å². The number of benzene rings is 3. The molecular weight excluding hydrogens is 1650 g/mol. The number of hydrogen-bond donors (Lipinski definition) is 1. The average molecular weight is 1750 g/mol. The van der Waals surface area contributed by atoms with E-state index in [1.54, 1.807) is 76.7 Å². The second-order valence-corrected chi connectivity index (χ2v) is 34.2. The van der Waals surface area contributed by atoms with Crippen LogP contribution in [0.2, 0.25) is 10.0 Å². The second kappa shape index (κ2) is 37.8. The number of aromatic nitrogens is 10. The molecule has 4 aliphatic rings. The monoisotopic (exact) mass is 1750 g/mol. The van der Waals surface area contributed by atoms with Gasteiger partial charge in [-0.3, -0.25) is 28.8 Å². The average Bonchev–Trinajstić information content (AvgIpc) is 0.737. The van der Waals surface area contributed by atoms with Crippen LogP contribution in [-0.2, 0) is 20.9 Å². The number of carbonyl (C=O) groups is 3. The number of nitrogens with zero attached hydrogens (tertiary/aromatic N) is 19. The lowest BCUT2D eigenvalue weighted by Gasteiger charge is -2.46. The van der Waals surface area contributed by atoms with Crippen LogP contribution in [0.4, 0.5) is 52.3 Å². The summed E-state index contributed by atoms with van der Waals surface area (Å²) in [7, 11) is 3.80. The summed E-state index contributed by atoms with van der Waals surface area (Å²) in [4.78, 5) is 123. The van der Waals surface area contributed by atoms with E-state index in [1.165, 1.54) is 57.7 Å². The van der Waals surface area contributed by atoms with Crippen molar-refractivity contribution in [3.05, 3.63) is 230 Å². The maximum absolute atomic E-state index is 16.2. The van der Waals surface area contributed by atoms with Crippen molar-refractivity contribution in [1.29, 1.82) is 0 Å². The number of rotatable bonds is 17. The van der Waals surface area contributed by atoms with E-state index >= 15 is 13.2 Å². The maximum Gasteiger partial charge on any atom is 0.355 e. The Balaban J connectivity index is 0.000000173. The van der Waals surface area contributed by atoms with Crippen LogP contribution >= 0.6 is 23.2 Å². The molecule has 14 rings (SSSR count). The van der Waals surface area contributed by atoms with Crippen LogP contribution in [0.5, 0.6) is 0 Å². The first-order chi connectivity index (χ1) is 59.8. The number of aliphatic imine (C=N–C) groups is 1. The minimum absolute atomic E-state index is 0.0294. The van der Waals surface area contributed by atoms with Crippen molar-refractivity contribution < 1.29 is 31.9 Å². The van der Waals surface area contributed by atoms with Crippen LogP contribution in [-0.4, -0.2) is 188 Å². The Kier molecular flexibility index (Phi) is 27.6. The Morgan fingerprint density at radius 2 is 1.08 bits per heavy atom. The van der Waals surface area contributed by atoms with E-state index in [-0.39, 0.29) is 140 Å². The molecule has 654 valence electrons. The number of amides is 3. The van der Waals surface area contributed by atoms with Gasteiger partial charge in [-0.2, -0.15) is 9.97 Å². The summed E-state index contributed by atoms with van der Waals surface area (Å²) in [6, 6.07) is 22.4. The zero-order valence-corrected chi connectivity index (χ0v) is 75.0. The summed E-state index contributed by atoms with van der Waals surface area (Å²) in [6.07, 6.45) is 16.7. The number of halogens is 6. The predicted molar refractivity (Wildman–Crippen MR) is 493 cm³/mol. The normalized spacial score (nSPS) is 17.7. The molecule has 0 bridgehead atoms. The number of terminal acetylenes is 2. The molecule has 6 unspecified atom stereocenters. The van der Waals surface area contributed by atoms with Gasteiger partial charge in [-0.15, -0.1) is 12.8 Å². The molecule has 3 amide bonds. The lowest BCUT2D eigenvalue weighted by molar-refractivity contribution is -0.131. The Labute approximate surface area is 741 Å². The molecule has 11 heterocycles. The molecule has 0 saturated carbocycles. The molecule has 25 nitrogen and oxygen atoms in total. The van der Waals surface area contributed by atoms with Gasteiger partial charge in [-0.1, -0.05) is 119 Å². The van der Waals surface area contributed by atoms with E-state index in [2.05, 4.69) is 77.2 Å². The van der Waals surface area contributed by atoms with Gasteiger partial charge >= 0.3 is 11.4 Å².